The Balaban J connectivity index is 0.000000605. The molecule has 0 saturated heterocycles. The number of hydrogen-bond donors (Lipinski definition) is 0. The minimum Gasteiger partial charge on any atom is -0.147 e. The Kier molecular flexibility index (Phi) is 2.56. The quantitative estimate of drug-likeness (QED) is 0.559. The average molecular weight is 169 g/mol. The van der Waals surface area contributed by atoms with E-state index in [0.29, 0.717) is 0 Å². The van der Waals surface area contributed by atoms with Gasteiger partial charge in [-0.25, -0.2) is 0 Å². The molecule has 60 valence electrons. The van der Waals surface area contributed by atoms with Crippen molar-refractivity contribution < 1.29 is 0 Å². The maximum atomic E-state index is 2.31. The maximum Gasteiger partial charge on any atom is -0.0184 e. The van der Waals surface area contributed by atoms with Crippen LogP contribution >= 0.6 is 12.4 Å². The van der Waals surface area contributed by atoms with Gasteiger partial charge >= 0.3 is 0 Å². The summed E-state index contributed by atoms with van der Waals surface area (Å²) in [6, 6.07) is 8.78. The zero-order valence-corrected chi connectivity index (χ0v) is 7.53. The van der Waals surface area contributed by atoms with Crippen LogP contribution in [0.5, 0.6) is 0 Å². The molecule has 2 rings (SSSR count). The predicted octanol–water partition coefficient (Wildman–Crippen LogP) is 3.16. The molecule has 1 aliphatic rings. The van der Waals surface area contributed by atoms with Crippen molar-refractivity contribution in [2.24, 2.45) is 0 Å². The lowest BCUT2D eigenvalue weighted by atomic mass is 10.0. The third-order valence-corrected chi connectivity index (χ3v) is 2.43. The molecule has 11 heavy (non-hydrogen) atoms. The van der Waals surface area contributed by atoms with Gasteiger partial charge in [0.05, 0.1) is 0 Å². The van der Waals surface area contributed by atoms with Crippen LogP contribution in [0, 0.1) is 0 Å². The summed E-state index contributed by atoms with van der Waals surface area (Å²) in [5, 5.41) is 0. The van der Waals surface area contributed by atoms with Crippen molar-refractivity contribution in [1.82, 2.24) is 0 Å². The molecule has 0 fully saturated rings. The molecule has 0 spiro atoms. The lowest BCUT2D eigenvalue weighted by Crippen LogP contribution is -1.83. The number of rotatable bonds is 0. The van der Waals surface area contributed by atoms with Gasteiger partial charge in [-0.05, 0) is 29.9 Å². The first-order valence-electron chi connectivity index (χ1n) is 3.96. The van der Waals surface area contributed by atoms with E-state index in [1.54, 1.807) is 11.1 Å². The fourth-order valence-corrected chi connectivity index (χ4v) is 1.77. The molecule has 0 bridgehead atoms. The fraction of sp³-hybridized carbons (Fsp3) is 0.400. The summed E-state index contributed by atoms with van der Waals surface area (Å²) in [5.41, 5.74) is 3.14. The molecule has 0 heterocycles. The lowest BCUT2D eigenvalue weighted by molar-refractivity contribution is 0.747. The van der Waals surface area contributed by atoms with E-state index in [-0.39, 0.29) is 12.4 Å². The van der Waals surface area contributed by atoms with Gasteiger partial charge in [0, 0.05) is 0 Å². The molecule has 1 aromatic carbocycles. The molecule has 0 amide bonds. The van der Waals surface area contributed by atoms with Crippen molar-refractivity contribution >= 4 is 12.4 Å². The van der Waals surface area contributed by atoms with Crippen LogP contribution in [0.3, 0.4) is 0 Å². The van der Waals surface area contributed by atoms with Crippen LogP contribution in [0.1, 0.15) is 30.4 Å². The number of halogens is 1. The molecule has 0 saturated carbocycles. The largest absolute Gasteiger partial charge is 0.147 e. The first kappa shape index (κ1) is 8.61. The lowest BCUT2D eigenvalue weighted by Gasteiger charge is -2.01. The summed E-state index contributed by atoms with van der Waals surface area (Å²) in [4.78, 5) is 0. The predicted molar refractivity (Wildman–Crippen MR) is 50.4 cm³/mol. The van der Waals surface area contributed by atoms with Crippen molar-refractivity contribution in [3.05, 3.63) is 35.4 Å². The molecule has 1 heteroatoms. The molecule has 0 aliphatic heterocycles. The number of aryl methyl sites for hydroxylation is 1. The van der Waals surface area contributed by atoms with Crippen LogP contribution in [0.2, 0.25) is 0 Å². The third kappa shape index (κ3) is 1.41. The van der Waals surface area contributed by atoms with Gasteiger partial charge in [-0.1, -0.05) is 31.2 Å². The highest BCUT2D eigenvalue weighted by Crippen LogP contribution is 2.31. The van der Waals surface area contributed by atoms with Crippen molar-refractivity contribution in [2.75, 3.05) is 0 Å². The Morgan fingerprint density at radius 2 is 2.00 bits per heavy atom. The van der Waals surface area contributed by atoms with Crippen molar-refractivity contribution in [3.63, 3.8) is 0 Å². The molecular formula is C10H13Cl. The summed E-state index contributed by atoms with van der Waals surface area (Å²) in [7, 11) is 0. The smallest absolute Gasteiger partial charge is 0.0184 e. The van der Waals surface area contributed by atoms with Gasteiger partial charge in [0.25, 0.3) is 0 Å². The van der Waals surface area contributed by atoms with Gasteiger partial charge in [-0.15, -0.1) is 12.4 Å². The highest BCUT2D eigenvalue weighted by molar-refractivity contribution is 5.85. The molecule has 0 nitrogen and oxygen atoms in total. The topological polar surface area (TPSA) is 0 Å². The van der Waals surface area contributed by atoms with Crippen LogP contribution < -0.4 is 0 Å². The standard InChI is InChI=1S/C10H12.ClH/c1-8-6-7-9-4-2-3-5-10(8)9;/h2-5,8H,6-7H2,1H3;1H. The summed E-state index contributed by atoms with van der Waals surface area (Å²) in [6.07, 6.45) is 2.64. The van der Waals surface area contributed by atoms with E-state index >= 15 is 0 Å². The SMILES string of the molecule is CC1CCc2ccccc21.Cl. The third-order valence-electron chi connectivity index (χ3n) is 2.43. The Morgan fingerprint density at radius 3 is 2.73 bits per heavy atom. The van der Waals surface area contributed by atoms with E-state index in [2.05, 4.69) is 31.2 Å². The van der Waals surface area contributed by atoms with Crippen LogP contribution in [0.15, 0.2) is 24.3 Å². The van der Waals surface area contributed by atoms with Crippen LogP contribution in [0.4, 0.5) is 0 Å². The monoisotopic (exact) mass is 168 g/mol. The molecule has 1 aliphatic carbocycles. The first-order valence-corrected chi connectivity index (χ1v) is 3.96. The molecule has 0 N–H and O–H groups in total. The Hall–Kier alpha value is -0.490. The molecule has 0 aromatic heterocycles. The number of hydrogen-bond acceptors (Lipinski definition) is 0. The zero-order chi connectivity index (χ0) is 6.97. The van der Waals surface area contributed by atoms with Gasteiger partial charge in [0.15, 0.2) is 0 Å². The van der Waals surface area contributed by atoms with Crippen molar-refractivity contribution in [2.45, 2.75) is 25.7 Å². The van der Waals surface area contributed by atoms with Crippen LogP contribution in [0.25, 0.3) is 0 Å². The minimum atomic E-state index is 0. The second-order valence-corrected chi connectivity index (χ2v) is 3.14. The molecule has 1 unspecified atom stereocenters. The van der Waals surface area contributed by atoms with Gasteiger partial charge in [-0.3, -0.25) is 0 Å². The number of benzene rings is 1. The Morgan fingerprint density at radius 1 is 1.27 bits per heavy atom. The van der Waals surface area contributed by atoms with E-state index < -0.39 is 0 Å². The summed E-state index contributed by atoms with van der Waals surface area (Å²) in [5.74, 6) is 0.802. The minimum absolute atomic E-state index is 0. The van der Waals surface area contributed by atoms with E-state index in [1.807, 2.05) is 0 Å². The van der Waals surface area contributed by atoms with E-state index in [4.69, 9.17) is 0 Å². The number of fused-ring (bicyclic) bond motifs is 1. The van der Waals surface area contributed by atoms with Crippen LogP contribution in [-0.2, 0) is 6.42 Å². The van der Waals surface area contributed by atoms with Gasteiger partial charge < -0.3 is 0 Å². The zero-order valence-electron chi connectivity index (χ0n) is 6.71. The highest BCUT2D eigenvalue weighted by Gasteiger charge is 2.16. The molecule has 1 atom stereocenters. The molecular weight excluding hydrogens is 156 g/mol. The Bertz CT molecular complexity index is 242. The molecule has 1 aromatic rings. The fourth-order valence-electron chi connectivity index (χ4n) is 1.77. The van der Waals surface area contributed by atoms with E-state index in [0.717, 1.165) is 5.92 Å². The normalized spacial score (nSPS) is 20.6. The highest BCUT2D eigenvalue weighted by atomic mass is 35.5. The van der Waals surface area contributed by atoms with Gasteiger partial charge in [0.2, 0.25) is 0 Å². The second kappa shape index (κ2) is 3.27. The summed E-state index contributed by atoms with van der Waals surface area (Å²) < 4.78 is 0. The van der Waals surface area contributed by atoms with Crippen molar-refractivity contribution in [1.29, 1.82) is 0 Å². The second-order valence-electron chi connectivity index (χ2n) is 3.14. The first-order chi connectivity index (χ1) is 4.88. The average Bonchev–Trinajstić information content (AvgIpc) is 2.34. The van der Waals surface area contributed by atoms with E-state index in [1.165, 1.54) is 12.8 Å². The summed E-state index contributed by atoms with van der Waals surface area (Å²) >= 11 is 0. The van der Waals surface area contributed by atoms with E-state index in [9.17, 15) is 0 Å². The molecule has 0 radical (unpaired) electrons. The summed E-state index contributed by atoms with van der Waals surface area (Å²) in [6.45, 7) is 2.31. The van der Waals surface area contributed by atoms with Gasteiger partial charge in [-0.2, -0.15) is 0 Å². The maximum absolute atomic E-state index is 2.31. The van der Waals surface area contributed by atoms with Gasteiger partial charge in [0.1, 0.15) is 0 Å². The van der Waals surface area contributed by atoms with Crippen LogP contribution in [-0.4, -0.2) is 0 Å². The van der Waals surface area contributed by atoms with Crippen molar-refractivity contribution in [3.8, 4) is 0 Å². The Labute approximate surface area is 74.0 Å².